The van der Waals surface area contributed by atoms with Crippen molar-refractivity contribution in [3.8, 4) is 11.8 Å². The zero-order valence-corrected chi connectivity index (χ0v) is 14.6. The molecule has 2 aromatic rings. The summed E-state index contributed by atoms with van der Waals surface area (Å²) in [5.74, 6) is 1.45. The minimum Gasteiger partial charge on any atom is -0.497 e. The summed E-state index contributed by atoms with van der Waals surface area (Å²) in [7, 11) is 1.61. The number of aryl methyl sites for hydroxylation is 2. The van der Waals surface area contributed by atoms with Gasteiger partial charge in [-0.3, -0.25) is 4.79 Å². The van der Waals surface area contributed by atoms with Gasteiger partial charge in [-0.25, -0.2) is 9.97 Å². The van der Waals surface area contributed by atoms with Crippen LogP contribution in [-0.4, -0.2) is 28.7 Å². The number of thioether (sulfide) groups is 1. The molecule has 1 aromatic heterocycles. The molecule has 0 saturated heterocycles. The van der Waals surface area contributed by atoms with E-state index in [9.17, 15) is 10.1 Å². The van der Waals surface area contributed by atoms with Crippen LogP contribution in [-0.2, 0) is 11.3 Å². The lowest BCUT2D eigenvalue weighted by Crippen LogP contribution is -2.24. The van der Waals surface area contributed by atoms with Gasteiger partial charge < -0.3 is 10.1 Å². The van der Waals surface area contributed by atoms with Crippen molar-refractivity contribution in [2.45, 2.75) is 25.4 Å². The first-order chi connectivity index (χ1) is 11.5. The Morgan fingerprint density at radius 2 is 2.00 bits per heavy atom. The van der Waals surface area contributed by atoms with E-state index in [0.717, 1.165) is 11.3 Å². The van der Waals surface area contributed by atoms with Crippen molar-refractivity contribution in [3.05, 3.63) is 46.9 Å². The molecule has 1 N–H and O–H groups in total. The monoisotopic (exact) mass is 342 g/mol. The molecule has 24 heavy (non-hydrogen) atoms. The van der Waals surface area contributed by atoms with Crippen LogP contribution in [0.25, 0.3) is 0 Å². The van der Waals surface area contributed by atoms with Gasteiger partial charge in [0.1, 0.15) is 28.2 Å². The van der Waals surface area contributed by atoms with E-state index in [2.05, 4.69) is 21.4 Å². The Balaban J connectivity index is 1.90. The number of nitriles is 1. The number of nitrogens with zero attached hydrogens (tertiary/aromatic N) is 3. The average Bonchev–Trinajstić information content (AvgIpc) is 2.58. The lowest BCUT2D eigenvalue weighted by molar-refractivity contribution is -0.118. The van der Waals surface area contributed by atoms with Crippen LogP contribution >= 0.6 is 11.8 Å². The summed E-state index contributed by atoms with van der Waals surface area (Å²) in [6.07, 6.45) is 0. The van der Waals surface area contributed by atoms with E-state index in [-0.39, 0.29) is 11.7 Å². The number of nitrogens with one attached hydrogen (secondary N) is 1. The van der Waals surface area contributed by atoms with Gasteiger partial charge in [0.2, 0.25) is 5.91 Å². The minimum absolute atomic E-state index is 0.117. The maximum atomic E-state index is 12.0. The summed E-state index contributed by atoms with van der Waals surface area (Å²) >= 11 is 1.24. The van der Waals surface area contributed by atoms with Crippen LogP contribution in [0.4, 0.5) is 0 Å². The second kappa shape index (κ2) is 8.31. The number of carbonyl (C=O) groups is 1. The number of amides is 1. The second-order valence-corrected chi connectivity index (χ2v) is 6.03. The molecule has 0 atom stereocenters. The largest absolute Gasteiger partial charge is 0.497 e. The zero-order chi connectivity index (χ0) is 17.5. The highest BCUT2D eigenvalue weighted by Gasteiger charge is 2.12. The van der Waals surface area contributed by atoms with Crippen molar-refractivity contribution in [3.63, 3.8) is 0 Å². The molecule has 124 valence electrons. The van der Waals surface area contributed by atoms with Gasteiger partial charge in [0.25, 0.3) is 0 Å². The van der Waals surface area contributed by atoms with Gasteiger partial charge in [-0.1, -0.05) is 23.9 Å². The molecule has 0 aliphatic carbocycles. The Morgan fingerprint density at radius 1 is 1.29 bits per heavy atom. The third-order valence-corrected chi connectivity index (χ3v) is 4.24. The molecular formula is C17H18N4O2S. The van der Waals surface area contributed by atoms with Gasteiger partial charge in [0.15, 0.2) is 0 Å². The molecule has 0 fully saturated rings. The fourth-order valence-electron chi connectivity index (χ4n) is 2.04. The fraction of sp³-hybridized carbons (Fsp3) is 0.294. The summed E-state index contributed by atoms with van der Waals surface area (Å²) in [6, 6.07) is 9.59. The van der Waals surface area contributed by atoms with Crippen molar-refractivity contribution in [1.29, 1.82) is 5.26 Å². The lowest BCUT2D eigenvalue weighted by Gasteiger charge is -2.08. The second-order valence-electron chi connectivity index (χ2n) is 5.06. The van der Waals surface area contributed by atoms with E-state index in [4.69, 9.17) is 4.74 Å². The smallest absolute Gasteiger partial charge is 0.230 e. The number of hydrogen-bond donors (Lipinski definition) is 1. The van der Waals surface area contributed by atoms with Crippen LogP contribution in [0.5, 0.6) is 5.75 Å². The number of hydrogen-bond acceptors (Lipinski definition) is 6. The Labute approximate surface area is 145 Å². The summed E-state index contributed by atoms with van der Waals surface area (Å²) in [5, 5.41) is 12.6. The summed E-state index contributed by atoms with van der Waals surface area (Å²) < 4.78 is 5.09. The highest BCUT2D eigenvalue weighted by Crippen LogP contribution is 2.21. The Kier molecular flexibility index (Phi) is 6.15. The SMILES string of the molecule is COc1ccc(CNC(=O)CSc2nc(C)nc(C)c2C#N)cc1. The molecule has 0 spiro atoms. The third-order valence-electron chi connectivity index (χ3n) is 3.27. The number of carbonyl (C=O) groups excluding carboxylic acids is 1. The van der Waals surface area contributed by atoms with Gasteiger partial charge in [-0.05, 0) is 31.5 Å². The maximum absolute atomic E-state index is 12.0. The average molecular weight is 342 g/mol. The van der Waals surface area contributed by atoms with Crippen molar-refractivity contribution in [2.24, 2.45) is 0 Å². The zero-order valence-electron chi connectivity index (χ0n) is 13.8. The van der Waals surface area contributed by atoms with Crippen LogP contribution in [0, 0.1) is 25.2 Å². The van der Waals surface area contributed by atoms with Gasteiger partial charge in [-0.2, -0.15) is 5.26 Å². The highest BCUT2D eigenvalue weighted by molar-refractivity contribution is 8.00. The van der Waals surface area contributed by atoms with E-state index < -0.39 is 0 Å². The molecule has 1 heterocycles. The van der Waals surface area contributed by atoms with Gasteiger partial charge in [-0.15, -0.1) is 0 Å². The van der Waals surface area contributed by atoms with E-state index in [1.807, 2.05) is 24.3 Å². The molecule has 0 unspecified atom stereocenters. The van der Waals surface area contributed by atoms with E-state index in [1.165, 1.54) is 11.8 Å². The quantitative estimate of drug-likeness (QED) is 0.640. The minimum atomic E-state index is -0.117. The molecule has 0 radical (unpaired) electrons. The standard InChI is InChI=1S/C17H18N4O2S/c1-11-15(8-18)17(21-12(2)20-11)24-10-16(22)19-9-13-4-6-14(23-3)7-5-13/h4-7H,9-10H2,1-3H3,(H,19,22). The predicted octanol–water partition coefficient (Wildman–Crippen LogP) is 2.38. The summed E-state index contributed by atoms with van der Waals surface area (Å²) in [6.45, 7) is 3.97. The van der Waals surface area contributed by atoms with E-state index >= 15 is 0 Å². The molecule has 0 aliphatic rings. The number of benzene rings is 1. The van der Waals surface area contributed by atoms with Crippen LogP contribution in [0.2, 0.25) is 0 Å². The van der Waals surface area contributed by atoms with Crippen LogP contribution in [0.1, 0.15) is 22.6 Å². The Hall–Kier alpha value is -2.59. The van der Waals surface area contributed by atoms with Crippen molar-refractivity contribution in [2.75, 3.05) is 12.9 Å². The molecule has 0 bridgehead atoms. The van der Waals surface area contributed by atoms with Crippen LogP contribution < -0.4 is 10.1 Å². The first-order valence-corrected chi connectivity index (χ1v) is 8.29. The predicted molar refractivity (Wildman–Crippen MR) is 91.8 cm³/mol. The number of aromatic nitrogens is 2. The molecule has 0 aliphatic heterocycles. The van der Waals surface area contributed by atoms with E-state index in [0.29, 0.717) is 28.7 Å². The Morgan fingerprint density at radius 3 is 2.62 bits per heavy atom. The van der Waals surface area contributed by atoms with Gasteiger partial charge >= 0.3 is 0 Å². The first-order valence-electron chi connectivity index (χ1n) is 7.31. The lowest BCUT2D eigenvalue weighted by atomic mass is 10.2. The Bertz CT molecular complexity index is 769. The molecule has 1 amide bonds. The molecule has 0 saturated carbocycles. The van der Waals surface area contributed by atoms with E-state index in [1.54, 1.807) is 21.0 Å². The first kappa shape index (κ1) is 17.8. The topological polar surface area (TPSA) is 87.9 Å². The van der Waals surface area contributed by atoms with Crippen LogP contribution in [0.3, 0.4) is 0 Å². The highest BCUT2D eigenvalue weighted by atomic mass is 32.2. The fourth-order valence-corrected chi connectivity index (χ4v) is 2.95. The van der Waals surface area contributed by atoms with Gasteiger partial charge in [0, 0.05) is 6.54 Å². The maximum Gasteiger partial charge on any atom is 0.230 e. The summed E-state index contributed by atoms with van der Waals surface area (Å²) in [5.41, 5.74) is 2.04. The van der Waals surface area contributed by atoms with Crippen molar-refractivity contribution in [1.82, 2.24) is 15.3 Å². The summed E-state index contributed by atoms with van der Waals surface area (Å²) in [4.78, 5) is 20.4. The molecule has 2 rings (SSSR count). The molecule has 7 heteroatoms. The van der Waals surface area contributed by atoms with Crippen molar-refractivity contribution < 1.29 is 9.53 Å². The van der Waals surface area contributed by atoms with Crippen molar-refractivity contribution >= 4 is 17.7 Å². The van der Waals surface area contributed by atoms with Gasteiger partial charge in [0.05, 0.1) is 18.6 Å². The molecule has 6 nitrogen and oxygen atoms in total. The number of rotatable bonds is 6. The molecular weight excluding hydrogens is 324 g/mol. The number of methoxy groups -OCH3 is 1. The molecule has 1 aromatic carbocycles. The number of ether oxygens (including phenoxy) is 1. The van der Waals surface area contributed by atoms with Crippen LogP contribution in [0.15, 0.2) is 29.3 Å². The normalized spacial score (nSPS) is 10.1. The third kappa shape index (κ3) is 4.70.